The summed E-state index contributed by atoms with van der Waals surface area (Å²) in [6.45, 7) is 3.08. The standard InChI is InChI=1S/C14H19F3N2/c1-2-9-4-3-5-19(9)14(8-18)10-6-12(16)13(17)7-11(10)15/h6-7,9,14H,2-5,8,18H2,1H3. The van der Waals surface area contributed by atoms with E-state index in [0.717, 1.165) is 31.9 Å². The van der Waals surface area contributed by atoms with E-state index in [1.54, 1.807) is 0 Å². The van der Waals surface area contributed by atoms with E-state index in [0.29, 0.717) is 12.1 Å². The van der Waals surface area contributed by atoms with Gasteiger partial charge in [0.2, 0.25) is 0 Å². The van der Waals surface area contributed by atoms with Gasteiger partial charge in [0.1, 0.15) is 5.82 Å². The Morgan fingerprint density at radius 1 is 1.26 bits per heavy atom. The average Bonchev–Trinajstić information content (AvgIpc) is 2.84. The number of nitrogens with two attached hydrogens (primary N) is 1. The molecule has 2 nitrogen and oxygen atoms in total. The summed E-state index contributed by atoms with van der Waals surface area (Å²) >= 11 is 0. The number of nitrogens with zero attached hydrogens (tertiary/aromatic N) is 1. The topological polar surface area (TPSA) is 29.3 Å². The van der Waals surface area contributed by atoms with Crippen molar-refractivity contribution in [3.8, 4) is 0 Å². The minimum atomic E-state index is -1.16. The lowest BCUT2D eigenvalue weighted by molar-refractivity contribution is 0.176. The first-order valence-electron chi connectivity index (χ1n) is 6.68. The van der Waals surface area contributed by atoms with Crippen LogP contribution in [0.4, 0.5) is 13.2 Å². The predicted octanol–water partition coefficient (Wildman–Crippen LogP) is 2.98. The molecule has 0 spiro atoms. The Balaban J connectivity index is 2.34. The van der Waals surface area contributed by atoms with Crippen LogP contribution in [0.5, 0.6) is 0 Å². The van der Waals surface area contributed by atoms with Crippen molar-refractivity contribution in [3.05, 3.63) is 35.1 Å². The molecule has 1 aromatic carbocycles. The van der Waals surface area contributed by atoms with Crippen molar-refractivity contribution in [2.75, 3.05) is 13.1 Å². The van der Waals surface area contributed by atoms with E-state index in [-0.39, 0.29) is 18.2 Å². The van der Waals surface area contributed by atoms with Crippen molar-refractivity contribution < 1.29 is 13.2 Å². The van der Waals surface area contributed by atoms with Crippen molar-refractivity contribution in [1.82, 2.24) is 4.90 Å². The molecule has 0 saturated carbocycles. The van der Waals surface area contributed by atoms with Gasteiger partial charge in [-0.25, -0.2) is 13.2 Å². The molecular weight excluding hydrogens is 253 g/mol. The van der Waals surface area contributed by atoms with Crippen molar-refractivity contribution in [3.63, 3.8) is 0 Å². The van der Waals surface area contributed by atoms with Crippen LogP contribution in [0.2, 0.25) is 0 Å². The lowest BCUT2D eigenvalue weighted by Crippen LogP contribution is -2.37. The summed E-state index contributed by atoms with van der Waals surface area (Å²) in [5.41, 5.74) is 5.89. The van der Waals surface area contributed by atoms with Gasteiger partial charge in [-0.2, -0.15) is 0 Å². The summed E-state index contributed by atoms with van der Waals surface area (Å²) in [6, 6.07) is 1.49. The second kappa shape index (κ2) is 5.92. The summed E-state index contributed by atoms with van der Waals surface area (Å²) in [7, 11) is 0. The van der Waals surface area contributed by atoms with Gasteiger partial charge in [-0.1, -0.05) is 6.92 Å². The van der Waals surface area contributed by atoms with Crippen molar-refractivity contribution in [2.24, 2.45) is 5.73 Å². The van der Waals surface area contributed by atoms with Gasteiger partial charge < -0.3 is 5.73 Å². The Kier molecular flexibility index (Phi) is 4.47. The molecule has 1 aliphatic heterocycles. The fourth-order valence-corrected chi connectivity index (χ4v) is 2.94. The highest BCUT2D eigenvalue weighted by molar-refractivity contribution is 5.24. The molecule has 0 radical (unpaired) electrons. The summed E-state index contributed by atoms with van der Waals surface area (Å²) in [5, 5.41) is 0. The van der Waals surface area contributed by atoms with E-state index < -0.39 is 17.5 Å². The number of halogens is 3. The first-order valence-corrected chi connectivity index (χ1v) is 6.68. The van der Waals surface area contributed by atoms with Crippen LogP contribution in [0.3, 0.4) is 0 Å². The van der Waals surface area contributed by atoms with Gasteiger partial charge in [0.25, 0.3) is 0 Å². The molecule has 0 bridgehead atoms. The average molecular weight is 272 g/mol. The highest BCUT2D eigenvalue weighted by Crippen LogP contribution is 2.32. The minimum absolute atomic E-state index is 0.154. The Labute approximate surface area is 111 Å². The molecule has 1 saturated heterocycles. The minimum Gasteiger partial charge on any atom is -0.329 e. The number of rotatable bonds is 4. The van der Waals surface area contributed by atoms with Gasteiger partial charge in [0.05, 0.1) is 6.04 Å². The first kappa shape index (κ1) is 14.3. The summed E-state index contributed by atoms with van der Waals surface area (Å²) in [4.78, 5) is 2.11. The van der Waals surface area contributed by atoms with Crippen LogP contribution in [0, 0.1) is 17.5 Å². The smallest absolute Gasteiger partial charge is 0.161 e. The number of benzene rings is 1. The van der Waals surface area contributed by atoms with E-state index in [1.165, 1.54) is 0 Å². The van der Waals surface area contributed by atoms with Crippen LogP contribution in [0.15, 0.2) is 12.1 Å². The third-order valence-corrected chi connectivity index (χ3v) is 3.92. The second-order valence-corrected chi connectivity index (χ2v) is 4.98. The highest BCUT2D eigenvalue weighted by Gasteiger charge is 2.31. The van der Waals surface area contributed by atoms with Crippen LogP contribution >= 0.6 is 0 Å². The molecule has 1 heterocycles. The van der Waals surface area contributed by atoms with E-state index in [4.69, 9.17) is 5.73 Å². The van der Waals surface area contributed by atoms with Crippen LogP contribution in [-0.2, 0) is 0 Å². The van der Waals surface area contributed by atoms with E-state index in [1.807, 2.05) is 0 Å². The maximum Gasteiger partial charge on any atom is 0.161 e. The zero-order chi connectivity index (χ0) is 14.0. The lowest BCUT2D eigenvalue weighted by Gasteiger charge is -2.32. The predicted molar refractivity (Wildman–Crippen MR) is 68.1 cm³/mol. The Morgan fingerprint density at radius 3 is 2.58 bits per heavy atom. The molecule has 5 heteroatoms. The van der Waals surface area contributed by atoms with Crippen molar-refractivity contribution in [1.29, 1.82) is 0 Å². The Morgan fingerprint density at radius 2 is 1.95 bits per heavy atom. The van der Waals surface area contributed by atoms with Crippen LogP contribution in [-0.4, -0.2) is 24.0 Å². The van der Waals surface area contributed by atoms with E-state index >= 15 is 0 Å². The molecule has 0 amide bonds. The molecule has 1 aliphatic rings. The lowest BCUT2D eigenvalue weighted by atomic mass is 10.0. The zero-order valence-corrected chi connectivity index (χ0v) is 11.0. The molecular formula is C14H19F3N2. The summed E-state index contributed by atoms with van der Waals surface area (Å²) in [6.07, 6.45) is 3.01. The van der Waals surface area contributed by atoms with E-state index in [2.05, 4.69) is 11.8 Å². The molecule has 2 atom stereocenters. The third-order valence-electron chi connectivity index (χ3n) is 3.92. The number of hydrogen-bond donors (Lipinski definition) is 1. The monoisotopic (exact) mass is 272 g/mol. The van der Waals surface area contributed by atoms with Gasteiger partial charge in [0, 0.05) is 24.2 Å². The normalized spacial score (nSPS) is 21.8. The molecule has 1 aromatic rings. The Hall–Kier alpha value is -1.07. The maximum absolute atomic E-state index is 13.9. The van der Waals surface area contributed by atoms with Crippen LogP contribution < -0.4 is 5.73 Å². The number of hydrogen-bond acceptors (Lipinski definition) is 2. The summed E-state index contributed by atoms with van der Waals surface area (Å²) < 4.78 is 40.2. The molecule has 0 aromatic heterocycles. The maximum atomic E-state index is 13.9. The fraction of sp³-hybridized carbons (Fsp3) is 0.571. The molecule has 2 N–H and O–H groups in total. The SMILES string of the molecule is CCC1CCCN1C(CN)c1cc(F)c(F)cc1F. The van der Waals surface area contributed by atoms with Gasteiger partial charge in [0.15, 0.2) is 11.6 Å². The van der Waals surface area contributed by atoms with Crippen LogP contribution in [0.25, 0.3) is 0 Å². The largest absolute Gasteiger partial charge is 0.329 e. The fourth-order valence-electron chi connectivity index (χ4n) is 2.94. The second-order valence-electron chi connectivity index (χ2n) is 4.98. The first-order chi connectivity index (χ1) is 9.08. The third kappa shape index (κ3) is 2.77. The van der Waals surface area contributed by atoms with Crippen molar-refractivity contribution in [2.45, 2.75) is 38.3 Å². The van der Waals surface area contributed by atoms with E-state index in [9.17, 15) is 13.2 Å². The van der Waals surface area contributed by atoms with Crippen LogP contribution in [0.1, 0.15) is 37.8 Å². The molecule has 106 valence electrons. The van der Waals surface area contributed by atoms with Gasteiger partial charge >= 0.3 is 0 Å². The number of likely N-dealkylation sites (tertiary alicyclic amines) is 1. The zero-order valence-electron chi connectivity index (χ0n) is 11.0. The molecule has 2 unspecified atom stereocenters. The Bertz CT molecular complexity index is 451. The molecule has 1 fully saturated rings. The van der Waals surface area contributed by atoms with Crippen molar-refractivity contribution >= 4 is 0 Å². The molecule has 19 heavy (non-hydrogen) atoms. The van der Waals surface area contributed by atoms with Gasteiger partial charge in [-0.3, -0.25) is 4.90 Å². The van der Waals surface area contributed by atoms with Gasteiger partial charge in [-0.05, 0) is 31.9 Å². The molecule has 0 aliphatic carbocycles. The quantitative estimate of drug-likeness (QED) is 0.854. The highest BCUT2D eigenvalue weighted by atomic mass is 19.2. The summed E-state index contributed by atoms with van der Waals surface area (Å²) in [5.74, 6) is -2.91. The van der Waals surface area contributed by atoms with Gasteiger partial charge in [-0.15, -0.1) is 0 Å². The molecule has 2 rings (SSSR count).